The monoisotopic (exact) mass is 434 g/mol. The number of rotatable bonds is 7. The zero-order valence-corrected chi connectivity index (χ0v) is 18.1. The Balaban J connectivity index is 1.75. The molecule has 1 atom stereocenters. The van der Waals surface area contributed by atoms with Gasteiger partial charge in [0.15, 0.2) is 11.5 Å². The van der Waals surface area contributed by atoms with Crippen LogP contribution in [0.1, 0.15) is 12.8 Å². The average Bonchev–Trinajstić information content (AvgIpc) is 2.78. The Labute approximate surface area is 176 Å². The molecule has 30 heavy (non-hydrogen) atoms. The molecule has 1 fully saturated rings. The summed E-state index contributed by atoms with van der Waals surface area (Å²) in [4.78, 5) is 12.9. The van der Waals surface area contributed by atoms with Crippen LogP contribution in [0.25, 0.3) is 0 Å². The number of ether oxygens (including phenoxy) is 3. The number of hydrogen-bond acceptors (Lipinski definition) is 6. The van der Waals surface area contributed by atoms with Crippen molar-refractivity contribution in [3.8, 4) is 17.2 Å². The van der Waals surface area contributed by atoms with Gasteiger partial charge in [0.1, 0.15) is 5.75 Å². The second kappa shape index (κ2) is 9.36. The van der Waals surface area contributed by atoms with Crippen LogP contribution in [0.5, 0.6) is 17.2 Å². The van der Waals surface area contributed by atoms with Crippen molar-refractivity contribution in [2.24, 2.45) is 5.92 Å². The first kappa shape index (κ1) is 21.9. The summed E-state index contributed by atoms with van der Waals surface area (Å²) in [6.07, 6.45) is 1.22. The van der Waals surface area contributed by atoms with E-state index in [-0.39, 0.29) is 17.3 Å². The Hall–Kier alpha value is -2.78. The maximum absolute atomic E-state index is 13.1. The molecule has 1 aliphatic rings. The second-order valence-corrected chi connectivity index (χ2v) is 8.88. The highest BCUT2D eigenvalue weighted by Gasteiger charge is 2.33. The van der Waals surface area contributed by atoms with Crippen molar-refractivity contribution in [2.75, 3.05) is 39.7 Å². The van der Waals surface area contributed by atoms with E-state index in [0.717, 1.165) is 0 Å². The SMILES string of the molecule is COc1cccc(NC(=O)[C@H]2CCCN(S(=O)(=O)c3ccc(OC)c(OC)c3)C2)c1. The maximum Gasteiger partial charge on any atom is 0.243 e. The second-order valence-electron chi connectivity index (χ2n) is 6.94. The summed E-state index contributed by atoms with van der Waals surface area (Å²) in [6, 6.07) is 11.5. The predicted molar refractivity (Wildman–Crippen MR) is 113 cm³/mol. The summed E-state index contributed by atoms with van der Waals surface area (Å²) in [6.45, 7) is 0.478. The van der Waals surface area contributed by atoms with Gasteiger partial charge in [-0.1, -0.05) is 6.07 Å². The van der Waals surface area contributed by atoms with Crippen LogP contribution in [-0.2, 0) is 14.8 Å². The van der Waals surface area contributed by atoms with E-state index in [1.807, 2.05) is 0 Å². The highest BCUT2D eigenvalue weighted by atomic mass is 32.2. The van der Waals surface area contributed by atoms with Gasteiger partial charge in [0, 0.05) is 30.9 Å². The number of nitrogens with one attached hydrogen (secondary N) is 1. The lowest BCUT2D eigenvalue weighted by Crippen LogP contribution is -2.43. The maximum atomic E-state index is 13.1. The van der Waals surface area contributed by atoms with Crippen molar-refractivity contribution in [3.05, 3.63) is 42.5 Å². The molecule has 1 N–H and O–H groups in total. The number of methoxy groups -OCH3 is 3. The van der Waals surface area contributed by atoms with Gasteiger partial charge < -0.3 is 19.5 Å². The van der Waals surface area contributed by atoms with E-state index in [2.05, 4.69) is 5.32 Å². The Bertz CT molecular complexity index is 1010. The van der Waals surface area contributed by atoms with E-state index in [1.165, 1.54) is 30.7 Å². The van der Waals surface area contributed by atoms with Gasteiger partial charge in [-0.05, 0) is 37.1 Å². The van der Waals surface area contributed by atoms with E-state index in [4.69, 9.17) is 14.2 Å². The summed E-state index contributed by atoms with van der Waals surface area (Å²) in [5.41, 5.74) is 0.610. The van der Waals surface area contributed by atoms with Crippen molar-refractivity contribution in [1.29, 1.82) is 0 Å². The van der Waals surface area contributed by atoms with Crippen molar-refractivity contribution in [1.82, 2.24) is 4.31 Å². The predicted octanol–water partition coefficient (Wildman–Crippen LogP) is 2.75. The first-order valence-electron chi connectivity index (χ1n) is 9.56. The minimum absolute atomic E-state index is 0.106. The van der Waals surface area contributed by atoms with E-state index < -0.39 is 15.9 Å². The van der Waals surface area contributed by atoms with Crippen LogP contribution in [0.4, 0.5) is 5.69 Å². The Kier molecular flexibility index (Phi) is 6.84. The number of carbonyl (C=O) groups is 1. The van der Waals surface area contributed by atoms with Gasteiger partial charge in [-0.15, -0.1) is 0 Å². The molecule has 9 heteroatoms. The van der Waals surface area contributed by atoms with Crippen molar-refractivity contribution >= 4 is 21.6 Å². The lowest BCUT2D eigenvalue weighted by molar-refractivity contribution is -0.120. The van der Waals surface area contributed by atoms with Gasteiger partial charge >= 0.3 is 0 Å². The normalized spacial score (nSPS) is 17.2. The topological polar surface area (TPSA) is 94.2 Å². The number of carbonyl (C=O) groups excluding carboxylic acids is 1. The summed E-state index contributed by atoms with van der Waals surface area (Å²) >= 11 is 0. The standard InChI is InChI=1S/C21H26N2O6S/c1-27-17-8-4-7-16(12-17)22-21(24)15-6-5-11-23(14-15)30(25,26)18-9-10-19(28-2)20(13-18)29-3/h4,7-10,12-13,15H,5-6,11,14H2,1-3H3,(H,22,24)/t15-/m0/s1. The van der Waals surface area contributed by atoms with E-state index >= 15 is 0 Å². The molecule has 8 nitrogen and oxygen atoms in total. The molecule has 0 aliphatic carbocycles. The fourth-order valence-electron chi connectivity index (χ4n) is 3.45. The number of anilines is 1. The molecule has 1 heterocycles. The Morgan fingerprint density at radius 3 is 2.50 bits per heavy atom. The largest absolute Gasteiger partial charge is 0.497 e. The summed E-state index contributed by atoms with van der Waals surface area (Å²) in [5, 5.41) is 2.85. The third-order valence-corrected chi connectivity index (χ3v) is 6.95. The van der Waals surface area contributed by atoms with Crippen LogP contribution in [-0.4, -0.2) is 53.0 Å². The summed E-state index contributed by atoms with van der Waals surface area (Å²) < 4.78 is 43.2. The molecule has 1 amide bonds. The smallest absolute Gasteiger partial charge is 0.243 e. The van der Waals surface area contributed by atoms with Gasteiger partial charge in [0.25, 0.3) is 0 Å². The van der Waals surface area contributed by atoms with E-state index in [0.29, 0.717) is 42.3 Å². The fraction of sp³-hybridized carbons (Fsp3) is 0.381. The Morgan fingerprint density at radius 2 is 1.80 bits per heavy atom. The minimum atomic E-state index is -3.77. The number of amides is 1. The molecule has 1 saturated heterocycles. The van der Waals surface area contributed by atoms with Crippen molar-refractivity contribution in [2.45, 2.75) is 17.7 Å². The summed E-state index contributed by atoms with van der Waals surface area (Å²) in [5.74, 6) is 0.762. The van der Waals surface area contributed by atoms with Crippen LogP contribution in [0.15, 0.2) is 47.4 Å². The molecule has 3 rings (SSSR count). The Morgan fingerprint density at radius 1 is 1.03 bits per heavy atom. The van der Waals surface area contributed by atoms with Crippen molar-refractivity contribution in [3.63, 3.8) is 0 Å². The molecule has 1 aliphatic heterocycles. The van der Waals surface area contributed by atoms with Crippen LogP contribution in [0.3, 0.4) is 0 Å². The molecule has 0 spiro atoms. The molecule has 0 radical (unpaired) electrons. The first-order chi connectivity index (χ1) is 14.4. The molecule has 0 saturated carbocycles. The van der Waals surface area contributed by atoms with Crippen LogP contribution >= 0.6 is 0 Å². The summed E-state index contributed by atoms with van der Waals surface area (Å²) in [7, 11) is 0.724. The highest BCUT2D eigenvalue weighted by Crippen LogP contribution is 2.32. The van der Waals surface area contributed by atoms with Gasteiger partial charge in [0.05, 0.1) is 32.1 Å². The highest BCUT2D eigenvalue weighted by molar-refractivity contribution is 7.89. The number of nitrogens with zero attached hydrogens (tertiary/aromatic N) is 1. The zero-order valence-electron chi connectivity index (χ0n) is 17.3. The van der Waals surface area contributed by atoms with Crippen molar-refractivity contribution < 1.29 is 27.4 Å². The molecule has 0 bridgehead atoms. The quantitative estimate of drug-likeness (QED) is 0.720. The van der Waals surface area contributed by atoms with Gasteiger partial charge in [-0.25, -0.2) is 8.42 Å². The number of benzene rings is 2. The molecule has 2 aromatic carbocycles. The van der Waals surface area contributed by atoms with Gasteiger partial charge in [-0.3, -0.25) is 4.79 Å². The van der Waals surface area contributed by atoms with Crippen LogP contribution in [0.2, 0.25) is 0 Å². The van der Waals surface area contributed by atoms with Gasteiger partial charge in [-0.2, -0.15) is 4.31 Å². The zero-order chi connectivity index (χ0) is 21.7. The molecule has 162 valence electrons. The van der Waals surface area contributed by atoms with Crippen LogP contribution < -0.4 is 19.5 Å². The number of sulfonamides is 1. The molecular formula is C21H26N2O6S. The molecule has 2 aromatic rings. The molecule has 0 unspecified atom stereocenters. The molecular weight excluding hydrogens is 408 g/mol. The molecule has 0 aromatic heterocycles. The fourth-order valence-corrected chi connectivity index (χ4v) is 4.99. The number of hydrogen-bond donors (Lipinski definition) is 1. The average molecular weight is 435 g/mol. The third kappa shape index (κ3) is 4.68. The van der Waals surface area contributed by atoms with Crippen LogP contribution in [0, 0.1) is 5.92 Å². The third-order valence-electron chi connectivity index (χ3n) is 5.08. The lowest BCUT2D eigenvalue weighted by Gasteiger charge is -2.31. The van der Waals surface area contributed by atoms with E-state index in [1.54, 1.807) is 37.4 Å². The van der Waals surface area contributed by atoms with E-state index in [9.17, 15) is 13.2 Å². The minimum Gasteiger partial charge on any atom is -0.497 e. The van der Waals surface area contributed by atoms with Gasteiger partial charge in [0.2, 0.25) is 15.9 Å². The first-order valence-corrected chi connectivity index (χ1v) is 11.0. The number of piperidine rings is 1. The lowest BCUT2D eigenvalue weighted by atomic mass is 9.98.